The lowest BCUT2D eigenvalue weighted by molar-refractivity contribution is -0.668. The number of anilines is 1. The van der Waals surface area contributed by atoms with Gasteiger partial charge in [-0.05, 0) is 62.1 Å². The van der Waals surface area contributed by atoms with Crippen LogP contribution in [0, 0.1) is 0 Å². The highest BCUT2D eigenvalue weighted by Crippen LogP contribution is 2.51. The summed E-state index contributed by atoms with van der Waals surface area (Å²) in [6, 6.07) is 14.2. The maximum atomic E-state index is 12.4. The van der Waals surface area contributed by atoms with E-state index in [-0.39, 0.29) is 36.5 Å². The second-order valence-corrected chi connectivity index (χ2v) is 19.3. The summed E-state index contributed by atoms with van der Waals surface area (Å²) in [5.74, 6) is -2.47. The van der Waals surface area contributed by atoms with E-state index in [1.54, 1.807) is 24.3 Å². The van der Waals surface area contributed by atoms with Crippen molar-refractivity contribution in [1.82, 2.24) is 4.73 Å². The number of hydrogen-bond acceptors (Lipinski definition) is 12. The van der Waals surface area contributed by atoms with Gasteiger partial charge >= 0.3 is 5.97 Å². The fraction of sp³-hybridized carbons (Fsp3) is 0.351. The van der Waals surface area contributed by atoms with Crippen molar-refractivity contribution in [2.75, 3.05) is 23.0 Å². The number of hydrogen-bond donors (Lipinski definition) is 5. The van der Waals surface area contributed by atoms with Gasteiger partial charge in [0.15, 0.2) is 6.54 Å². The molecular weight excluding hydrogens is 823 g/mol. The van der Waals surface area contributed by atoms with Gasteiger partial charge in [0.25, 0.3) is 35.4 Å². The third kappa shape index (κ3) is 11.3. The molecule has 5 rings (SSSR count). The van der Waals surface area contributed by atoms with E-state index in [0.29, 0.717) is 53.9 Å². The van der Waals surface area contributed by atoms with E-state index in [9.17, 15) is 53.9 Å². The highest BCUT2D eigenvalue weighted by Gasteiger charge is 2.43. The van der Waals surface area contributed by atoms with Crippen molar-refractivity contribution >= 4 is 69.6 Å². The first-order valence-electron chi connectivity index (χ1n) is 17.8. The van der Waals surface area contributed by atoms with Crippen LogP contribution >= 0.6 is 11.3 Å². The van der Waals surface area contributed by atoms with Crippen LogP contribution in [0.1, 0.15) is 62.4 Å². The summed E-state index contributed by atoms with van der Waals surface area (Å²) in [7, 11) is -13.0. The summed E-state index contributed by atoms with van der Waals surface area (Å²) in [4.78, 5) is 18.9. The van der Waals surface area contributed by atoms with Crippen molar-refractivity contribution in [2.24, 2.45) is 0 Å². The maximum absolute atomic E-state index is 12.4. The third-order valence-corrected chi connectivity index (χ3v) is 13.1. The van der Waals surface area contributed by atoms with Crippen LogP contribution in [0.3, 0.4) is 0 Å². The van der Waals surface area contributed by atoms with Gasteiger partial charge in [-0.1, -0.05) is 54.5 Å². The number of fused-ring (bicyclic) bond motifs is 2. The van der Waals surface area contributed by atoms with Gasteiger partial charge in [0, 0.05) is 60.5 Å². The molecular formula is C37H44N3O13S4+. The average Bonchev–Trinajstić information content (AvgIpc) is 3.71. The first kappa shape index (κ1) is 43.6. The molecule has 1 aliphatic heterocycles. The van der Waals surface area contributed by atoms with Crippen LogP contribution < -0.4 is 14.3 Å². The van der Waals surface area contributed by atoms with E-state index in [2.05, 4.69) is 0 Å². The summed E-state index contributed by atoms with van der Waals surface area (Å²) < 4.78 is 103. The van der Waals surface area contributed by atoms with Crippen LogP contribution in [0.2, 0.25) is 0 Å². The fourth-order valence-corrected chi connectivity index (χ4v) is 9.43. The van der Waals surface area contributed by atoms with Gasteiger partial charge in [0.2, 0.25) is 17.3 Å². The average molecular weight is 867 g/mol. The minimum absolute atomic E-state index is 0.0306. The van der Waals surface area contributed by atoms with Crippen LogP contribution in [-0.4, -0.2) is 77.9 Å². The van der Waals surface area contributed by atoms with Crippen LogP contribution in [0.4, 0.5) is 5.69 Å². The molecule has 3 heterocycles. The number of benzene rings is 2. The van der Waals surface area contributed by atoms with Gasteiger partial charge < -0.3 is 20.0 Å². The molecule has 308 valence electrons. The summed E-state index contributed by atoms with van der Waals surface area (Å²) in [6.45, 7) is 2.38. The summed E-state index contributed by atoms with van der Waals surface area (Å²) in [6.07, 6.45) is 11.1. The Bertz CT molecular complexity index is 2520. The van der Waals surface area contributed by atoms with Gasteiger partial charge in [-0.25, -0.2) is 4.79 Å². The molecule has 1 unspecified atom stereocenters. The Morgan fingerprint density at radius 2 is 1.53 bits per heavy atom. The van der Waals surface area contributed by atoms with Crippen molar-refractivity contribution in [1.29, 1.82) is 0 Å². The number of aromatic hydroxyl groups is 2. The number of carbonyl (C=O) groups is 1. The van der Waals surface area contributed by atoms with E-state index in [0.717, 1.165) is 15.2 Å². The Labute approximate surface area is 334 Å². The van der Waals surface area contributed by atoms with E-state index in [4.69, 9.17) is 4.84 Å². The molecule has 0 radical (unpaired) electrons. The molecule has 0 bridgehead atoms. The summed E-state index contributed by atoms with van der Waals surface area (Å²) >= 11 is 1.50. The Balaban J connectivity index is 1.42. The number of nitrogens with zero attached hydrogens (tertiary/aromatic N) is 3. The van der Waals surface area contributed by atoms with E-state index in [1.165, 1.54) is 35.6 Å². The largest absolute Gasteiger partial charge is 0.492 e. The number of thiazole rings is 1. The lowest BCUT2D eigenvalue weighted by Gasteiger charge is -2.30. The van der Waals surface area contributed by atoms with Crippen LogP contribution in [-0.2, 0) is 47.1 Å². The van der Waals surface area contributed by atoms with Crippen molar-refractivity contribution in [3.8, 4) is 11.8 Å². The molecule has 2 aromatic carbocycles. The maximum Gasteiger partial charge on any atom is 0.333 e. The molecule has 1 aliphatic rings. The number of para-hydroxylation sites is 1. The molecule has 0 saturated carbocycles. The minimum atomic E-state index is -4.60. The van der Waals surface area contributed by atoms with Crippen molar-refractivity contribution in [2.45, 2.75) is 68.7 Å². The van der Waals surface area contributed by atoms with Crippen molar-refractivity contribution in [3.63, 3.8) is 0 Å². The lowest BCUT2D eigenvalue weighted by Crippen LogP contribution is -2.35. The summed E-state index contributed by atoms with van der Waals surface area (Å²) in [5.41, 5.74) is 1.86. The number of rotatable bonds is 19. The highest BCUT2D eigenvalue weighted by molar-refractivity contribution is 7.86. The standard InChI is InChI=1S/C37H43N3O13S4/c1-37(21-9-3-6-16-36(43)53-40-33(41)19-20-34(40)42)28-26-27(57(50,51)52)17-18-29(28)38(22-10-24-55(44,45)46)32(37)14-4-2-5-15-35-39(23-11-25-56(47,48)49)30-12-7-8-13-31(30)54-35/h2,4-5,7-8,12-15,17-20,26H,3,6,9-11,16,21-25H2,1H3,(H4-,41,42,44,45,46,47,48,49,50,51,52)/p+1. The lowest BCUT2D eigenvalue weighted by atomic mass is 9.77. The number of carbonyl (C=O) groups excluding carboxylic acids is 1. The zero-order chi connectivity index (χ0) is 41.6. The van der Waals surface area contributed by atoms with Gasteiger partial charge in [0.1, 0.15) is 4.70 Å². The Morgan fingerprint density at radius 3 is 2.21 bits per heavy atom. The number of aromatic nitrogens is 2. The van der Waals surface area contributed by atoms with Crippen LogP contribution in [0.25, 0.3) is 16.3 Å². The zero-order valence-electron chi connectivity index (χ0n) is 30.8. The monoisotopic (exact) mass is 866 g/mol. The molecule has 0 aliphatic carbocycles. The van der Waals surface area contributed by atoms with Crippen molar-refractivity contribution in [3.05, 3.63) is 95.2 Å². The molecule has 20 heteroatoms. The molecule has 4 aromatic rings. The predicted molar refractivity (Wildman–Crippen MR) is 214 cm³/mol. The molecule has 1 atom stereocenters. The Hall–Kier alpha value is -4.57. The van der Waals surface area contributed by atoms with E-state index < -0.39 is 59.3 Å². The van der Waals surface area contributed by atoms with Gasteiger partial charge in [-0.3, -0.25) is 13.7 Å². The molecule has 5 N–H and O–H groups in total. The minimum Gasteiger partial charge on any atom is -0.492 e. The Kier molecular flexibility index (Phi) is 13.7. The van der Waals surface area contributed by atoms with E-state index in [1.807, 2.05) is 52.8 Å². The van der Waals surface area contributed by atoms with Gasteiger partial charge in [-0.15, -0.1) is 4.73 Å². The molecule has 0 saturated heterocycles. The fourth-order valence-electron chi connectivity index (χ4n) is 6.83. The van der Waals surface area contributed by atoms with Gasteiger partial charge in [0.05, 0.1) is 16.4 Å². The molecule has 0 fully saturated rings. The normalized spacial score (nSPS) is 17.1. The van der Waals surface area contributed by atoms with Gasteiger partial charge in [-0.2, -0.15) is 29.8 Å². The topological polar surface area (TPSA) is 242 Å². The smallest absolute Gasteiger partial charge is 0.333 e. The quantitative estimate of drug-likeness (QED) is 0.0359. The molecule has 57 heavy (non-hydrogen) atoms. The second kappa shape index (κ2) is 17.9. The van der Waals surface area contributed by atoms with E-state index >= 15 is 0 Å². The molecule has 2 aromatic heterocycles. The zero-order valence-corrected chi connectivity index (χ0v) is 34.1. The third-order valence-electron chi connectivity index (χ3n) is 9.48. The van der Waals surface area contributed by atoms with Crippen molar-refractivity contribution < 1.29 is 63.3 Å². The molecule has 0 spiro atoms. The number of aryl methyl sites for hydroxylation is 1. The predicted octanol–water partition coefficient (Wildman–Crippen LogP) is 5.04. The second-order valence-electron chi connectivity index (χ2n) is 13.6. The van der Waals surface area contributed by atoms with Crippen LogP contribution in [0.15, 0.2) is 89.5 Å². The first-order valence-corrected chi connectivity index (χ1v) is 23.3. The molecule has 0 amide bonds. The first-order chi connectivity index (χ1) is 26.8. The highest BCUT2D eigenvalue weighted by atomic mass is 32.2. The molecule has 16 nitrogen and oxygen atoms in total. The Morgan fingerprint density at radius 1 is 0.842 bits per heavy atom. The SMILES string of the molecule is CC1(CCCCCC(=O)On2c(O)ccc2O)C(=CC=CC=Cc2sc3ccccc3[n+]2CCCS(=O)(=O)O)N(CCCS(=O)(=O)O)c2ccc(S(=O)(=O)O)cc21. The van der Waals surface area contributed by atoms with Crippen LogP contribution in [0.5, 0.6) is 11.8 Å². The number of allylic oxidation sites excluding steroid dienone is 5. The summed E-state index contributed by atoms with van der Waals surface area (Å²) in [5, 5.41) is 20.3. The number of unbranched alkanes of at least 4 members (excludes halogenated alkanes) is 2.